The fourth-order valence-corrected chi connectivity index (χ4v) is 3.49. The normalized spacial score (nSPS) is 15.2. The summed E-state index contributed by atoms with van der Waals surface area (Å²) < 4.78 is 15.0. The smallest absolute Gasteiger partial charge is 0.321 e. The first-order valence-electron chi connectivity index (χ1n) is 10.3. The van der Waals surface area contributed by atoms with E-state index >= 15 is 0 Å². The second kappa shape index (κ2) is 9.56. The van der Waals surface area contributed by atoms with Gasteiger partial charge in [0.15, 0.2) is 5.82 Å². The molecule has 2 N–H and O–H groups in total. The Hall–Kier alpha value is -3.79. The van der Waals surface area contributed by atoms with E-state index in [1.807, 2.05) is 11.0 Å². The predicted molar refractivity (Wildman–Crippen MR) is 118 cm³/mol. The molecule has 4 rings (SSSR count). The quantitative estimate of drug-likeness (QED) is 0.640. The monoisotopic (exact) mass is 437 g/mol. The molecule has 0 bridgehead atoms. The number of anilines is 2. The van der Waals surface area contributed by atoms with Gasteiger partial charge in [-0.3, -0.25) is 9.69 Å². The Labute approximate surface area is 184 Å². The zero-order valence-corrected chi connectivity index (χ0v) is 17.6. The van der Waals surface area contributed by atoms with Gasteiger partial charge in [0.2, 0.25) is 5.91 Å². The number of amides is 3. The number of halogens is 1. The molecule has 3 aromatic rings. The summed E-state index contributed by atoms with van der Waals surface area (Å²) in [6.07, 6.45) is 5.05. The van der Waals surface area contributed by atoms with Gasteiger partial charge in [-0.05, 0) is 43.3 Å². The molecule has 32 heavy (non-hydrogen) atoms. The SMILES string of the molecule is C[C@@H](C(=O)Nc1cccc(F)c1)N1CCN(C(=O)Nc2ccc(-n3cccn3)nc2)CC1. The minimum atomic E-state index is -0.402. The molecule has 0 saturated carbocycles. The minimum Gasteiger partial charge on any atom is -0.325 e. The average Bonchev–Trinajstić information content (AvgIpc) is 3.34. The van der Waals surface area contributed by atoms with Gasteiger partial charge in [0.1, 0.15) is 5.82 Å². The lowest BCUT2D eigenvalue weighted by Gasteiger charge is -2.37. The molecule has 0 spiro atoms. The molecule has 1 atom stereocenters. The third kappa shape index (κ3) is 5.09. The Balaban J connectivity index is 1.26. The average molecular weight is 437 g/mol. The van der Waals surface area contributed by atoms with Gasteiger partial charge in [0.05, 0.1) is 17.9 Å². The Bertz CT molecular complexity index is 1060. The maximum absolute atomic E-state index is 13.3. The highest BCUT2D eigenvalue weighted by atomic mass is 19.1. The fraction of sp³-hybridized carbons (Fsp3) is 0.273. The van der Waals surface area contributed by atoms with Gasteiger partial charge in [-0.15, -0.1) is 0 Å². The molecule has 1 fully saturated rings. The number of piperazine rings is 1. The summed E-state index contributed by atoms with van der Waals surface area (Å²) in [5, 5.41) is 9.70. The van der Waals surface area contributed by atoms with Gasteiger partial charge in [0.25, 0.3) is 0 Å². The molecule has 2 aromatic heterocycles. The van der Waals surface area contributed by atoms with Crippen molar-refractivity contribution in [2.75, 3.05) is 36.8 Å². The van der Waals surface area contributed by atoms with Crippen molar-refractivity contribution in [3.05, 3.63) is 66.9 Å². The van der Waals surface area contributed by atoms with E-state index in [0.717, 1.165) is 0 Å². The van der Waals surface area contributed by atoms with Crippen molar-refractivity contribution in [3.8, 4) is 5.82 Å². The molecule has 3 heterocycles. The maximum atomic E-state index is 13.3. The van der Waals surface area contributed by atoms with Crippen LogP contribution in [-0.2, 0) is 4.79 Å². The van der Waals surface area contributed by atoms with E-state index in [-0.39, 0.29) is 11.9 Å². The first kappa shape index (κ1) is 21.4. The van der Waals surface area contributed by atoms with Crippen molar-refractivity contribution >= 4 is 23.3 Å². The van der Waals surface area contributed by atoms with Crippen LogP contribution in [0.25, 0.3) is 5.82 Å². The first-order chi connectivity index (χ1) is 15.5. The lowest BCUT2D eigenvalue weighted by atomic mass is 10.2. The van der Waals surface area contributed by atoms with Crippen LogP contribution in [0.2, 0.25) is 0 Å². The second-order valence-electron chi connectivity index (χ2n) is 7.48. The molecule has 3 amide bonds. The van der Waals surface area contributed by atoms with Gasteiger partial charge < -0.3 is 15.5 Å². The number of carbonyl (C=O) groups excluding carboxylic acids is 2. The first-order valence-corrected chi connectivity index (χ1v) is 10.3. The zero-order chi connectivity index (χ0) is 22.5. The summed E-state index contributed by atoms with van der Waals surface area (Å²) in [5.41, 5.74) is 1.02. The molecule has 0 unspecified atom stereocenters. The summed E-state index contributed by atoms with van der Waals surface area (Å²) >= 11 is 0. The number of benzene rings is 1. The van der Waals surface area contributed by atoms with Crippen LogP contribution in [0.4, 0.5) is 20.6 Å². The van der Waals surface area contributed by atoms with Crippen molar-refractivity contribution in [2.24, 2.45) is 0 Å². The summed E-state index contributed by atoms with van der Waals surface area (Å²) in [6.45, 7) is 3.89. The lowest BCUT2D eigenvalue weighted by molar-refractivity contribution is -0.121. The van der Waals surface area contributed by atoms with Crippen LogP contribution in [0.3, 0.4) is 0 Å². The van der Waals surface area contributed by atoms with Gasteiger partial charge >= 0.3 is 6.03 Å². The number of hydrogen-bond acceptors (Lipinski definition) is 5. The molecule has 10 heteroatoms. The highest BCUT2D eigenvalue weighted by Gasteiger charge is 2.27. The van der Waals surface area contributed by atoms with E-state index in [1.54, 1.807) is 59.4 Å². The van der Waals surface area contributed by atoms with E-state index in [9.17, 15) is 14.0 Å². The maximum Gasteiger partial charge on any atom is 0.321 e. The third-order valence-corrected chi connectivity index (χ3v) is 5.36. The fourth-order valence-electron chi connectivity index (χ4n) is 3.49. The van der Waals surface area contributed by atoms with E-state index in [0.29, 0.717) is 43.4 Å². The van der Waals surface area contributed by atoms with Gasteiger partial charge in [-0.1, -0.05) is 6.07 Å². The molecule has 9 nitrogen and oxygen atoms in total. The number of carbonyl (C=O) groups is 2. The van der Waals surface area contributed by atoms with Crippen LogP contribution in [-0.4, -0.2) is 68.7 Å². The molecular formula is C22H24FN7O2. The molecule has 166 valence electrons. The highest BCUT2D eigenvalue weighted by molar-refractivity contribution is 5.94. The van der Waals surface area contributed by atoms with E-state index in [1.165, 1.54) is 12.1 Å². The zero-order valence-electron chi connectivity index (χ0n) is 17.6. The van der Waals surface area contributed by atoms with Crippen molar-refractivity contribution in [2.45, 2.75) is 13.0 Å². The van der Waals surface area contributed by atoms with E-state index in [4.69, 9.17) is 0 Å². The Kier molecular flexibility index (Phi) is 6.41. The van der Waals surface area contributed by atoms with Crippen LogP contribution in [0.1, 0.15) is 6.92 Å². The standard InChI is InChI=1S/C22H24FN7O2/c1-16(21(31)26-18-5-2-4-17(23)14-18)28-10-12-29(13-11-28)22(32)27-19-6-7-20(24-15-19)30-9-3-8-25-30/h2-9,14-16H,10-13H2,1H3,(H,26,31)(H,27,32)/t16-/m0/s1. The summed E-state index contributed by atoms with van der Waals surface area (Å²) in [4.78, 5) is 33.1. The van der Waals surface area contributed by atoms with Crippen molar-refractivity contribution in [3.63, 3.8) is 0 Å². The number of urea groups is 1. The molecule has 1 aliphatic heterocycles. The second-order valence-corrected chi connectivity index (χ2v) is 7.48. The molecule has 1 aliphatic rings. The van der Waals surface area contributed by atoms with Crippen molar-refractivity contribution in [1.82, 2.24) is 24.6 Å². The predicted octanol–water partition coefficient (Wildman–Crippen LogP) is 2.58. The van der Waals surface area contributed by atoms with Crippen LogP contribution >= 0.6 is 0 Å². The van der Waals surface area contributed by atoms with Crippen molar-refractivity contribution < 1.29 is 14.0 Å². The number of aromatic nitrogens is 3. The molecular weight excluding hydrogens is 413 g/mol. The Morgan fingerprint density at radius 2 is 1.84 bits per heavy atom. The van der Waals surface area contributed by atoms with Crippen molar-refractivity contribution in [1.29, 1.82) is 0 Å². The molecule has 0 aliphatic carbocycles. The summed E-state index contributed by atoms with van der Waals surface area (Å²) in [6, 6.07) is 10.5. The van der Waals surface area contributed by atoms with Crippen LogP contribution in [0.5, 0.6) is 0 Å². The van der Waals surface area contributed by atoms with Gasteiger partial charge in [0, 0.05) is 44.3 Å². The Morgan fingerprint density at radius 3 is 2.50 bits per heavy atom. The molecule has 1 aromatic carbocycles. The number of nitrogens with zero attached hydrogens (tertiary/aromatic N) is 5. The largest absolute Gasteiger partial charge is 0.325 e. The lowest BCUT2D eigenvalue weighted by Crippen LogP contribution is -2.54. The van der Waals surface area contributed by atoms with Gasteiger partial charge in [-0.25, -0.2) is 18.9 Å². The number of pyridine rings is 1. The molecule has 0 radical (unpaired) electrons. The summed E-state index contributed by atoms with van der Waals surface area (Å²) in [7, 11) is 0. The highest BCUT2D eigenvalue weighted by Crippen LogP contribution is 2.14. The number of nitrogens with one attached hydrogen (secondary N) is 2. The minimum absolute atomic E-state index is 0.211. The van der Waals surface area contributed by atoms with E-state index < -0.39 is 11.9 Å². The number of hydrogen-bond donors (Lipinski definition) is 2. The number of rotatable bonds is 5. The van der Waals surface area contributed by atoms with Crippen LogP contribution < -0.4 is 10.6 Å². The van der Waals surface area contributed by atoms with Crippen LogP contribution in [0, 0.1) is 5.82 Å². The molecule has 1 saturated heterocycles. The van der Waals surface area contributed by atoms with E-state index in [2.05, 4.69) is 20.7 Å². The topological polar surface area (TPSA) is 95.4 Å². The van der Waals surface area contributed by atoms with Gasteiger partial charge in [-0.2, -0.15) is 5.10 Å². The Morgan fingerprint density at radius 1 is 1.03 bits per heavy atom. The van der Waals surface area contributed by atoms with Crippen LogP contribution in [0.15, 0.2) is 61.1 Å². The summed E-state index contributed by atoms with van der Waals surface area (Å²) in [5.74, 6) is 0.0465. The third-order valence-electron chi connectivity index (χ3n) is 5.36.